The summed E-state index contributed by atoms with van der Waals surface area (Å²) in [7, 11) is -3.34. The molecular weight excluding hydrogens is 334 g/mol. The minimum absolute atomic E-state index is 0.0124. The highest BCUT2D eigenvalue weighted by Crippen LogP contribution is 2.21. The molecule has 0 aromatic heterocycles. The lowest BCUT2D eigenvalue weighted by Gasteiger charge is -2.35. The fourth-order valence-electron chi connectivity index (χ4n) is 2.97. The molecule has 2 atom stereocenters. The minimum Gasteiger partial charge on any atom is -0.378 e. The Bertz CT molecular complexity index is 517. The van der Waals surface area contributed by atoms with Gasteiger partial charge >= 0.3 is 0 Å². The Balaban J connectivity index is 1.79. The molecule has 2 rings (SSSR count). The first-order valence-corrected chi connectivity index (χ1v) is 10.2. The van der Waals surface area contributed by atoms with Crippen LogP contribution in [0.5, 0.6) is 0 Å². The first-order valence-electron chi connectivity index (χ1n) is 8.57. The number of rotatable bonds is 7. The largest absolute Gasteiger partial charge is 0.378 e. The Morgan fingerprint density at radius 1 is 1.25 bits per heavy atom. The monoisotopic (exact) mass is 363 g/mol. The third-order valence-corrected chi connectivity index (χ3v) is 6.22. The zero-order valence-corrected chi connectivity index (χ0v) is 15.3. The Morgan fingerprint density at radius 2 is 1.92 bits per heavy atom. The molecule has 0 aromatic carbocycles. The van der Waals surface area contributed by atoms with E-state index in [1.807, 2.05) is 13.8 Å². The molecule has 2 aliphatic heterocycles. The first kappa shape index (κ1) is 19.6. The van der Waals surface area contributed by atoms with Gasteiger partial charge in [0.15, 0.2) is 0 Å². The number of nitrogens with zero attached hydrogens (tertiary/aromatic N) is 2. The fraction of sp³-hybridized carbons (Fsp3) is 0.933. The lowest BCUT2D eigenvalue weighted by Crippen LogP contribution is -2.53. The summed E-state index contributed by atoms with van der Waals surface area (Å²) in [6.07, 6.45) is 1.03. The zero-order chi connectivity index (χ0) is 17.7. The molecule has 24 heavy (non-hydrogen) atoms. The molecule has 0 unspecified atom stereocenters. The molecule has 2 heterocycles. The topological polar surface area (TPSA) is 102 Å². The van der Waals surface area contributed by atoms with Crippen LogP contribution in [-0.2, 0) is 24.3 Å². The molecule has 140 valence electrons. The summed E-state index contributed by atoms with van der Waals surface area (Å²) in [4.78, 5) is 14.1. The van der Waals surface area contributed by atoms with E-state index in [1.165, 1.54) is 4.31 Å². The van der Waals surface area contributed by atoms with Crippen LogP contribution in [0.3, 0.4) is 0 Å². The third kappa shape index (κ3) is 5.13. The summed E-state index contributed by atoms with van der Waals surface area (Å²) in [6, 6.07) is 0. The van der Waals surface area contributed by atoms with Gasteiger partial charge < -0.3 is 20.1 Å². The molecule has 0 aromatic rings. The van der Waals surface area contributed by atoms with Crippen molar-refractivity contribution in [3.05, 3.63) is 0 Å². The van der Waals surface area contributed by atoms with Crippen LogP contribution in [0.15, 0.2) is 0 Å². The van der Waals surface area contributed by atoms with E-state index in [4.69, 9.17) is 15.2 Å². The molecule has 2 saturated heterocycles. The van der Waals surface area contributed by atoms with Gasteiger partial charge in [0.2, 0.25) is 10.0 Å². The maximum atomic E-state index is 12.4. The summed E-state index contributed by atoms with van der Waals surface area (Å²) >= 11 is 0. The summed E-state index contributed by atoms with van der Waals surface area (Å²) in [5.41, 5.74) is 5.57. The second-order valence-electron chi connectivity index (χ2n) is 6.52. The molecule has 2 aliphatic rings. The molecule has 0 radical (unpaired) electrons. The van der Waals surface area contributed by atoms with E-state index in [9.17, 15) is 13.2 Å². The van der Waals surface area contributed by atoms with Gasteiger partial charge in [-0.15, -0.1) is 0 Å². The maximum Gasteiger partial charge on any atom is 0.251 e. The molecule has 0 spiro atoms. The molecular formula is C15H29N3O5S. The first-order chi connectivity index (χ1) is 11.3. The standard InChI is InChI=1S/C15H29N3O5S/c1-12(2)22-9-10-24(20,21)18-7-5-17(6-8-18)15(19)14-4-3-13(11-16)23-14/h12-14H,3-11,16H2,1-2H3/t13-,14+/m1/s1. The van der Waals surface area contributed by atoms with Gasteiger partial charge in [0.1, 0.15) is 6.10 Å². The van der Waals surface area contributed by atoms with E-state index in [0.717, 1.165) is 6.42 Å². The van der Waals surface area contributed by atoms with Gasteiger partial charge in [-0.3, -0.25) is 4.79 Å². The minimum atomic E-state index is -3.34. The van der Waals surface area contributed by atoms with Crippen LogP contribution in [0.2, 0.25) is 0 Å². The van der Waals surface area contributed by atoms with Crippen LogP contribution in [-0.4, -0.2) is 86.9 Å². The Labute approximate surface area is 144 Å². The summed E-state index contributed by atoms with van der Waals surface area (Å²) in [6.45, 7) is 5.80. The fourth-order valence-corrected chi connectivity index (χ4v) is 4.25. The van der Waals surface area contributed by atoms with Gasteiger partial charge in [0.25, 0.3) is 5.91 Å². The lowest BCUT2D eigenvalue weighted by atomic mass is 10.1. The van der Waals surface area contributed by atoms with Crippen molar-refractivity contribution >= 4 is 15.9 Å². The second kappa shape index (κ2) is 8.57. The Hall–Kier alpha value is -0.740. The average molecular weight is 363 g/mol. The van der Waals surface area contributed by atoms with Crippen LogP contribution in [0.1, 0.15) is 26.7 Å². The maximum absolute atomic E-state index is 12.4. The molecule has 2 fully saturated rings. The van der Waals surface area contributed by atoms with Crippen molar-refractivity contribution in [2.24, 2.45) is 5.73 Å². The molecule has 9 heteroatoms. The van der Waals surface area contributed by atoms with Crippen molar-refractivity contribution in [3.8, 4) is 0 Å². The highest BCUT2D eigenvalue weighted by molar-refractivity contribution is 7.89. The van der Waals surface area contributed by atoms with E-state index in [0.29, 0.717) is 39.1 Å². The van der Waals surface area contributed by atoms with Crippen molar-refractivity contribution in [1.29, 1.82) is 0 Å². The van der Waals surface area contributed by atoms with Gasteiger partial charge in [-0.2, -0.15) is 4.31 Å². The highest BCUT2D eigenvalue weighted by Gasteiger charge is 2.35. The summed E-state index contributed by atoms with van der Waals surface area (Å²) in [5, 5.41) is 0. The number of nitrogens with two attached hydrogens (primary N) is 1. The highest BCUT2D eigenvalue weighted by atomic mass is 32.2. The predicted molar refractivity (Wildman–Crippen MR) is 90.0 cm³/mol. The van der Waals surface area contributed by atoms with Crippen LogP contribution >= 0.6 is 0 Å². The van der Waals surface area contributed by atoms with E-state index in [-0.39, 0.29) is 30.5 Å². The van der Waals surface area contributed by atoms with Crippen molar-refractivity contribution in [3.63, 3.8) is 0 Å². The number of carbonyl (C=O) groups is 1. The predicted octanol–water partition coefficient (Wildman–Crippen LogP) is -0.608. The molecule has 0 aliphatic carbocycles. The smallest absolute Gasteiger partial charge is 0.251 e. The molecule has 0 saturated carbocycles. The zero-order valence-electron chi connectivity index (χ0n) is 14.5. The van der Waals surface area contributed by atoms with Gasteiger partial charge in [-0.1, -0.05) is 0 Å². The third-order valence-electron chi connectivity index (χ3n) is 4.38. The number of amides is 1. The second-order valence-corrected chi connectivity index (χ2v) is 8.61. The average Bonchev–Trinajstić information content (AvgIpc) is 3.03. The lowest BCUT2D eigenvalue weighted by molar-refractivity contribution is -0.143. The van der Waals surface area contributed by atoms with Gasteiger partial charge in [0, 0.05) is 32.7 Å². The van der Waals surface area contributed by atoms with E-state index >= 15 is 0 Å². The number of hydrogen-bond donors (Lipinski definition) is 1. The van der Waals surface area contributed by atoms with Crippen molar-refractivity contribution in [2.45, 2.75) is 45.0 Å². The molecule has 1 amide bonds. The Kier molecular flexibility index (Phi) is 6.99. The van der Waals surface area contributed by atoms with Gasteiger partial charge in [0.05, 0.1) is 24.6 Å². The van der Waals surface area contributed by atoms with Crippen LogP contribution in [0.4, 0.5) is 0 Å². The van der Waals surface area contributed by atoms with Crippen molar-refractivity contribution in [1.82, 2.24) is 9.21 Å². The van der Waals surface area contributed by atoms with Crippen LogP contribution in [0.25, 0.3) is 0 Å². The molecule has 0 bridgehead atoms. The normalized spacial score (nSPS) is 26.2. The Morgan fingerprint density at radius 3 is 2.46 bits per heavy atom. The molecule has 2 N–H and O–H groups in total. The summed E-state index contributed by atoms with van der Waals surface area (Å²) in [5.74, 6) is -0.0746. The van der Waals surface area contributed by atoms with Crippen molar-refractivity contribution in [2.75, 3.05) is 45.1 Å². The van der Waals surface area contributed by atoms with Crippen LogP contribution < -0.4 is 5.73 Å². The number of hydrogen-bond acceptors (Lipinski definition) is 6. The van der Waals surface area contributed by atoms with E-state index in [2.05, 4.69) is 0 Å². The molecule has 8 nitrogen and oxygen atoms in total. The quantitative estimate of drug-likeness (QED) is 0.647. The number of piperazine rings is 1. The number of sulfonamides is 1. The van der Waals surface area contributed by atoms with Crippen LogP contribution in [0, 0.1) is 0 Å². The number of carbonyl (C=O) groups excluding carboxylic acids is 1. The van der Waals surface area contributed by atoms with E-state index < -0.39 is 16.1 Å². The van der Waals surface area contributed by atoms with Gasteiger partial charge in [-0.05, 0) is 26.7 Å². The number of ether oxygens (including phenoxy) is 2. The van der Waals surface area contributed by atoms with Crippen molar-refractivity contribution < 1.29 is 22.7 Å². The summed E-state index contributed by atoms with van der Waals surface area (Å²) < 4.78 is 37.0. The SMILES string of the molecule is CC(C)OCCS(=O)(=O)N1CCN(C(=O)[C@@H]2CC[C@H](CN)O2)CC1. The van der Waals surface area contributed by atoms with E-state index in [1.54, 1.807) is 4.90 Å². The van der Waals surface area contributed by atoms with Gasteiger partial charge in [-0.25, -0.2) is 8.42 Å².